The van der Waals surface area contributed by atoms with E-state index < -0.39 is 0 Å². The van der Waals surface area contributed by atoms with Crippen molar-refractivity contribution in [2.24, 2.45) is 5.73 Å². The third-order valence-electron chi connectivity index (χ3n) is 2.36. The molecule has 0 aliphatic carbocycles. The minimum atomic E-state index is 0.703. The molecule has 0 saturated carbocycles. The van der Waals surface area contributed by atoms with E-state index in [9.17, 15) is 0 Å². The van der Waals surface area contributed by atoms with E-state index in [2.05, 4.69) is 31.0 Å². The highest BCUT2D eigenvalue weighted by atomic mass is 16.5. The highest BCUT2D eigenvalue weighted by molar-refractivity contribution is 5.27. The quantitative estimate of drug-likeness (QED) is 0.765. The molecule has 0 spiro atoms. The summed E-state index contributed by atoms with van der Waals surface area (Å²) in [7, 11) is 2.08. The zero-order valence-corrected chi connectivity index (χ0v) is 10.3. The lowest BCUT2D eigenvalue weighted by molar-refractivity contribution is 0.316. The van der Waals surface area contributed by atoms with Crippen LogP contribution in [0.2, 0.25) is 0 Å². The molecule has 0 aromatic heterocycles. The molecule has 0 bridgehead atoms. The standard InChI is InChI=1S/C13H22N2O/c1-3-10-16-13-6-4-12(5-7-13)11-15(2)9-8-14/h4-7H,3,8-11,14H2,1-2H3. The molecular formula is C13H22N2O. The fraction of sp³-hybridized carbons (Fsp3) is 0.538. The molecule has 0 aliphatic heterocycles. The topological polar surface area (TPSA) is 38.5 Å². The van der Waals surface area contributed by atoms with Crippen LogP contribution in [0.1, 0.15) is 18.9 Å². The van der Waals surface area contributed by atoms with Gasteiger partial charge in [0.1, 0.15) is 5.75 Å². The van der Waals surface area contributed by atoms with Gasteiger partial charge in [0.25, 0.3) is 0 Å². The second-order valence-electron chi connectivity index (χ2n) is 4.02. The Labute approximate surface area is 98.2 Å². The number of nitrogens with two attached hydrogens (primary N) is 1. The van der Waals surface area contributed by atoms with Crippen LogP contribution in [0.15, 0.2) is 24.3 Å². The Hall–Kier alpha value is -1.06. The summed E-state index contributed by atoms with van der Waals surface area (Å²) >= 11 is 0. The maximum absolute atomic E-state index is 5.53. The van der Waals surface area contributed by atoms with Crippen molar-refractivity contribution in [1.29, 1.82) is 0 Å². The van der Waals surface area contributed by atoms with Crippen LogP contribution in [0.4, 0.5) is 0 Å². The number of hydrogen-bond donors (Lipinski definition) is 1. The molecule has 1 rings (SSSR count). The molecule has 0 fully saturated rings. The van der Waals surface area contributed by atoms with E-state index in [1.807, 2.05) is 12.1 Å². The van der Waals surface area contributed by atoms with Crippen LogP contribution >= 0.6 is 0 Å². The van der Waals surface area contributed by atoms with Gasteiger partial charge in [-0.1, -0.05) is 19.1 Å². The highest BCUT2D eigenvalue weighted by Crippen LogP contribution is 2.13. The summed E-state index contributed by atoms with van der Waals surface area (Å²) in [6, 6.07) is 8.28. The van der Waals surface area contributed by atoms with Gasteiger partial charge in [-0.25, -0.2) is 0 Å². The van der Waals surface area contributed by atoms with Crippen LogP contribution in [0.3, 0.4) is 0 Å². The van der Waals surface area contributed by atoms with E-state index in [0.717, 1.165) is 31.9 Å². The number of ether oxygens (including phenoxy) is 1. The summed E-state index contributed by atoms with van der Waals surface area (Å²) in [6.45, 7) is 5.45. The van der Waals surface area contributed by atoms with Crippen LogP contribution in [0.5, 0.6) is 5.75 Å². The number of likely N-dealkylation sites (N-methyl/N-ethyl adjacent to an activating group) is 1. The van der Waals surface area contributed by atoms with Crippen molar-refractivity contribution in [2.45, 2.75) is 19.9 Å². The third-order valence-corrected chi connectivity index (χ3v) is 2.36. The van der Waals surface area contributed by atoms with Crippen LogP contribution in [-0.2, 0) is 6.54 Å². The molecule has 0 saturated heterocycles. The van der Waals surface area contributed by atoms with Crippen LogP contribution < -0.4 is 10.5 Å². The monoisotopic (exact) mass is 222 g/mol. The van der Waals surface area contributed by atoms with E-state index in [4.69, 9.17) is 10.5 Å². The third kappa shape index (κ3) is 4.64. The molecule has 1 aromatic rings. The average Bonchev–Trinajstić information content (AvgIpc) is 2.28. The summed E-state index contributed by atoms with van der Waals surface area (Å²) in [4.78, 5) is 2.21. The first-order chi connectivity index (χ1) is 7.76. The van der Waals surface area contributed by atoms with Gasteiger partial charge >= 0.3 is 0 Å². The largest absolute Gasteiger partial charge is 0.494 e. The molecule has 3 nitrogen and oxygen atoms in total. The van der Waals surface area contributed by atoms with Gasteiger partial charge in [0.15, 0.2) is 0 Å². The maximum atomic E-state index is 5.53. The van der Waals surface area contributed by atoms with Crippen LogP contribution in [0, 0.1) is 0 Å². The summed E-state index contributed by atoms with van der Waals surface area (Å²) < 4.78 is 5.53. The first-order valence-corrected chi connectivity index (χ1v) is 5.86. The fourth-order valence-corrected chi connectivity index (χ4v) is 1.52. The fourth-order valence-electron chi connectivity index (χ4n) is 1.52. The number of nitrogens with zero attached hydrogens (tertiary/aromatic N) is 1. The van der Waals surface area contributed by atoms with Crippen molar-refractivity contribution in [2.75, 3.05) is 26.7 Å². The van der Waals surface area contributed by atoms with Gasteiger partial charge < -0.3 is 15.4 Å². The van der Waals surface area contributed by atoms with Crippen molar-refractivity contribution < 1.29 is 4.74 Å². The summed E-state index contributed by atoms with van der Waals surface area (Å²) in [5.74, 6) is 0.951. The molecule has 0 aliphatic rings. The van der Waals surface area contributed by atoms with Gasteiger partial charge in [-0.15, -0.1) is 0 Å². The molecule has 0 unspecified atom stereocenters. The molecule has 0 heterocycles. The predicted molar refractivity (Wildman–Crippen MR) is 67.6 cm³/mol. The second-order valence-corrected chi connectivity index (χ2v) is 4.02. The zero-order valence-electron chi connectivity index (χ0n) is 10.3. The van der Waals surface area contributed by atoms with Crippen LogP contribution in [0.25, 0.3) is 0 Å². The van der Waals surface area contributed by atoms with E-state index >= 15 is 0 Å². The Kier molecular flexibility index (Phi) is 5.90. The van der Waals surface area contributed by atoms with Crippen molar-refractivity contribution in [1.82, 2.24) is 4.90 Å². The SMILES string of the molecule is CCCOc1ccc(CN(C)CCN)cc1. The lowest BCUT2D eigenvalue weighted by atomic mass is 10.2. The summed E-state index contributed by atoms with van der Waals surface area (Å²) in [6.07, 6.45) is 1.04. The molecular weight excluding hydrogens is 200 g/mol. The molecule has 3 heteroatoms. The maximum Gasteiger partial charge on any atom is 0.119 e. The molecule has 90 valence electrons. The van der Waals surface area contributed by atoms with Crippen molar-refractivity contribution in [3.8, 4) is 5.75 Å². The second kappa shape index (κ2) is 7.25. The van der Waals surface area contributed by atoms with E-state index in [1.54, 1.807) is 0 Å². The average molecular weight is 222 g/mol. The lowest BCUT2D eigenvalue weighted by Gasteiger charge is -2.15. The lowest BCUT2D eigenvalue weighted by Crippen LogP contribution is -2.24. The molecule has 2 N–H and O–H groups in total. The Morgan fingerprint density at radius 2 is 1.94 bits per heavy atom. The van der Waals surface area contributed by atoms with Crippen molar-refractivity contribution in [3.05, 3.63) is 29.8 Å². The van der Waals surface area contributed by atoms with Gasteiger partial charge in [-0.05, 0) is 31.2 Å². The number of rotatable bonds is 7. The number of benzene rings is 1. The van der Waals surface area contributed by atoms with E-state index in [0.29, 0.717) is 6.54 Å². The van der Waals surface area contributed by atoms with Gasteiger partial charge in [0, 0.05) is 19.6 Å². The van der Waals surface area contributed by atoms with E-state index in [-0.39, 0.29) is 0 Å². The van der Waals surface area contributed by atoms with Crippen LogP contribution in [-0.4, -0.2) is 31.6 Å². The summed E-state index contributed by atoms with van der Waals surface area (Å²) in [5, 5.41) is 0. The minimum Gasteiger partial charge on any atom is -0.494 e. The predicted octanol–water partition coefficient (Wildman–Crippen LogP) is 1.87. The Morgan fingerprint density at radius 3 is 2.50 bits per heavy atom. The Bertz CT molecular complexity index is 284. The van der Waals surface area contributed by atoms with Gasteiger partial charge in [-0.3, -0.25) is 0 Å². The summed E-state index contributed by atoms with van der Waals surface area (Å²) in [5.41, 5.74) is 6.79. The first kappa shape index (κ1) is 13.0. The minimum absolute atomic E-state index is 0.703. The highest BCUT2D eigenvalue weighted by Gasteiger charge is 1.99. The molecule has 0 radical (unpaired) electrons. The van der Waals surface area contributed by atoms with Crippen molar-refractivity contribution >= 4 is 0 Å². The smallest absolute Gasteiger partial charge is 0.119 e. The van der Waals surface area contributed by atoms with Gasteiger partial charge in [0.05, 0.1) is 6.61 Å². The number of hydrogen-bond acceptors (Lipinski definition) is 3. The molecule has 0 amide bonds. The molecule has 16 heavy (non-hydrogen) atoms. The zero-order chi connectivity index (χ0) is 11.8. The first-order valence-electron chi connectivity index (χ1n) is 5.86. The Balaban J connectivity index is 2.44. The van der Waals surface area contributed by atoms with Gasteiger partial charge in [0.2, 0.25) is 0 Å². The van der Waals surface area contributed by atoms with Crippen molar-refractivity contribution in [3.63, 3.8) is 0 Å². The van der Waals surface area contributed by atoms with Gasteiger partial charge in [-0.2, -0.15) is 0 Å². The molecule has 0 atom stereocenters. The van der Waals surface area contributed by atoms with E-state index in [1.165, 1.54) is 5.56 Å². The normalized spacial score (nSPS) is 10.8. The molecule has 1 aromatic carbocycles. The Morgan fingerprint density at radius 1 is 1.25 bits per heavy atom.